The number of anilines is 1. The third kappa shape index (κ3) is 3.32. The van der Waals surface area contributed by atoms with Crippen LogP contribution in [0.2, 0.25) is 5.02 Å². The number of benzene rings is 2. The topological polar surface area (TPSA) is 70.1 Å². The molecular weight excluding hydrogens is 356 g/mol. The molecular formula is C19H19ClN2O4. The maximum atomic E-state index is 12.8. The number of ether oxygens (including phenoxy) is 1. The molecule has 2 aromatic rings. The van der Waals surface area contributed by atoms with Crippen molar-refractivity contribution in [1.29, 1.82) is 0 Å². The number of piperazine rings is 1. The fraction of sp³-hybridized carbons (Fsp3) is 0.263. The van der Waals surface area contributed by atoms with E-state index in [-0.39, 0.29) is 29.8 Å². The van der Waals surface area contributed by atoms with Crippen LogP contribution in [-0.4, -0.2) is 48.1 Å². The molecule has 7 heteroatoms. The minimum Gasteiger partial charge on any atom is -0.507 e. The Bertz CT molecular complexity index is 855. The van der Waals surface area contributed by atoms with Gasteiger partial charge in [0.2, 0.25) is 5.91 Å². The minimum absolute atomic E-state index is 0.0866. The average Bonchev–Trinajstić information content (AvgIpc) is 2.63. The first-order valence-corrected chi connectivity index (χ1v) is 8.53. The number of carbonyl (C=O) groups excluding carboxylic acids is 2. The van der Waals surface area contributed by atoms with E-state index in [4.69, 9.17) is 16.3 Å². The molecule has 0 saturated carbocycles. The molecule has 6 nitrogen and oxygen atoms in total. The van der Waals surface area contributed by atoms with Gasteiger partial charge >= 0.3 is 0 Å². The molecule has 2 aromatic carbocycles. The van der Waals surface area contributed by atoms with Crippen LogP contribution in [0.15, 0.2) is 42.5 Å². The zero-order valence-corrected chi connectivity index (χ0v) is 15.2. The lowest BCUT2D eigenvalue weighted by atomic mass is 10.1. The van der Waals surface area contributed by atoms with Gasteiger partial charge in [-0.1, -0.05) is 23.7 Å². The molecule has 0 radical (unpaired) electrons. The second-order valence-corrected chi connectivity index (χ2v) is 6.53. The van der Waals surface area contributed by atoms with Gasteiger partial charge in [0.05, 0.1) is 23.4 Å². The lowest BCUT2D eigenvalue weighted by Gasteiger charge is -2.39. The van der Waals surface area contributed by atoms with Crippen molar-refractivity contribution in [2.45, 2.75) is 13.0 Å². The van der Waals surface area contributed by atoms with Crippen molar-refractivity contribution >= 4 is 29.1 Å². The summed E-state index contributed by atoms with van der Waals surface area (Å²) in [7, 11) is 1.48. The van der Waals surface area contributed by atoms with E-state index in [0.29, 0.717) is 23.0 Å². The number of carbonyl (C=O) groups is 2. The fourth-order valence-electron chi connectivity index (χ4n) is 3.00. The van der Waals surface area contributed by atoms with Crippen LogP contribution >= 0.6 is 11.6 Å². The number of rotatable bonds is 3. The Hall–Kier alpha value is -2.73. The quantitative estimate of drug-likeness (QED) is 0.896. The second-order valence-electron chi connectivity index (χ2n) is 6.12. The third-order valence-corrected chi connectivity index (χ3v) is 4.74. The van der Waals surface area contributed by atoms with Crippen LogP contribution in [0.5, 0.6) is 11.5 Å². The van der Waals surface area contributed by atoms with Gasteiger partial charge in [0.1, 0.15) is 18.0 Å². The first kappa shape index (κ1) is 18.1. The maximum Gasteiger partial charge on any atom is 0.258 e. The number of methoxy groups -OCH3 is 1. The Morgan fingerprint density at radius 1 is 1.27 bits per heavy atom. The van der Waals surface area contributed by atoms with E-state index in [2.05, 4.69) is 0 Å². The standard InChI is InChI=1S/C19H19ClN2O4/c1-12-10-22(16-6-4-3-5-15(16)20)18(24)11-21(12)19(25)14-8-7-13(26-2)9-17(14)23/h3-9,12,23H,10-11H2,1-2H3/t12-/m1/s1. The van der Waals surface area contributed by atoms with Crippen LogP contribution in [0.25, 0.3) is 0 Å². The normalized spacial score (nSPS) is 17.3. The monoisotopic (exact) mass is 374 g/mol. The Morgan fingerprint density at radius 2 is 2.00 bits per heavy atom. The molecule has 0 aliphatic carbocycles. The van der Waals surface area contributed by atoms with Crippen LogP contribution < -0.4 is 9.64 Å². The van der Waals surface area contributed by atoms with Crippen LogP contribution in [0, 0.1) is 0 Å². The summed E-state index contributed by atoms with van der Waals surface area (Å²) in [4.78, 5) is 28.5. The molecule has 0 spiro atoms. The van der Waals surface area contributed by atoms with E-state index in [1.807, 2.05) is 13.0 Å². The van der Waals surface area contributed by atoms with Gasteiger partial charge < -0.3 is 19.6 Å². The summed E-state index contributed by atoms with van der Waals surface area (Å²) in [6.45, 7) is 2.09. The largest absolute Gasteiger partial charge is 0.507 e. The predicted molar refractivity (Wildman–Crippen MR) is 99.0 cm³/mol. The highest BCUT2D eigenvalue weighted by molar-refractivity contribution is 6.33. The summed E-state index contributed by atoms with van der Waals surface area (Å²) in [6, 6.07) is 11.3. The van der Waals surface area contributed by atoms with Crippen molar-refractivity contribution in [3.05, 3.63) is 53.1 Å². The minimum atomic E-state index is -0.398. The zero-order chi connectivity index (χ0) is 18.8. The highest BCUT2D eigenvalue weighted by Gasteiger charge is 2.35. The van der Waals surface area contributed by atoms with Gasteiger partial charge in [0.25, 0.3) is 5.91 Å². The number of para-hydroxylation sites is 1. The van der Waals surface area contributed by atoms with E-state index >= 15 is 0 Å². The average molecular weight is 375 g/mol. The molecule has 1 aliphatic heterocycles. The molecule has 1 fully saturated rings. The molecule has 0 unspecified atom stereocenters. The molecule has 26 heavy (non-hydrogen) atoms. The number of aromatic hydroxyl groups is 1. The summed E-state index contributed by atoms with van der Waals surface area (Å²) in [5, 5.41) is 10.6. The summed E-state index contributed by atoms with van der Waals surface area (Å²) in [5.74, 6) is -0.350. The van der Waals surface area contributed by atoms with E-state index in [0.717, 1.165) is 0 Å². The summed E-state index contributed by atoms with van der Waals surface area (Å²) >= 11 is 6.20. The Morgan fingerprint density at radius 3 is 2.65 bits per heavy atom. The van der Waals surface area contributed by atoms with E-state index in [1.165, 1.54) is 24.1 Å². The van der Waals surface area contributed by atoms with Crippen molar-refractivity contribution in [3.8, 4) is 11.5 Å². The molecule has 2 amide bonds. The number of halogens is 1. The van der Waals surface area contributed by atoms with Gasteiger partial charge in [0.15, 0.2) is 0 Å². The molecule has 3 rings (SSSR count). The van der Waals surface area contributed by atoms with Crippen LogP contribution in [0.4, 0.5) is 5.69 Å². The summed E-state index contributed by atoms with van der Waals surface area (Å²) in [6.07, 6.45) is 0. The van der Waals surface area contributed by atoms with E-state index in [9.17, 15) is 14.7 Å². The first-order chi connectivity index (χ1) is 12.4. The highest BCUT2D eigenvalue weighted by Crippen LogP contribution is 2.30. The Balaban J connectivity index is 1.82. The van der Waals surface area contributed by atoms with Crippen molar-refractivity contribution in [2.24, 2.45) is 0 Å². The zero-order valence-electron chi connectivity index (χ0n) is 14.5. The fourth-order valence-corrected chi connectivity index (χ4v) is 3.24. The number of nitrogens with zero attached hydrogens (tertiary/aromatic N) is 2. The number of phenolic OH excluding ortho intramolecular Hbond substituents is 1. The highest BCUT2D eigenvalue weighted by atomic mass is 35.5. The molecule has 1 heterocycles. The van der Waals surface area contributed by atoms with Crippen LogP contribution in [-0.2, 0) is 4.79 Å². The van der Waals surface area contributed by atoms with Gasteiger partial charge in [-0.2, -0.15) is 0 Å². The SMILES string of the molecule is COc1ccc(C(=O)N2CC(=O)N(c3ccccc3Cl)C[C@H]2C)c(O)c1. The van der Waals surface area contributed by atoms with Gasteiger partial charge in [-0.15, -0.1) is 0 Å². The Kier molecular flexibility index (Phi) is 5.04. The molecule has 0 bridgehead atoms. The van der Waals surface area contributed by atoms with Crippen molar-refractivity contribution in [2.75, 3.05) is 25.1 Å². The van der Waals surface area contributed by atoms with E-state index < -0.39 is 5.91 Å². The van der Waals surface area contributed by atoms with Gasteiger partial charge in [-0.05, 0) is 31.2 Å². The maximum absolute atomic E-state index is 12.8. The number of hydrogen-bond donors (Lipinski definition) is 1. The molecule has 1 saturated heterocycles. The first-order valence-electron chi connectivity index (χ1n) is 8.15. The van der Waals surface area contributed by atoms with Crippen molar-refractivity contribution in [1.82, 2.24) is 4.90 Å². The number of hydrogen-bond acceptors (Lipinski definition) is 4. The van der Waals surface area contributed by atoms with Crippen molar-refractivity contribution < 1.29 is 19.4 Å². The molecule has 1 aliphatic rings. The van der Waals surface area contributed by atoms with E-state index in [1.54, 1.807) is 29.2 Å². The molecule has 1 atom stereocenters. The van der Waals surface area contributed by atoms with Crippen LogP contribution in [0.3, 0.4) is 0 Å². The second kappa shape index (κ2) is 7.25. The molecule has 1 N–H and O–H groups in total. The van der Waals surface area contributed by atoms with Crippen molar-refractivity contribution in [3.63, 3.8) is 0 Å². The van der Waals surface area contributed by atoms with Gasteiger partial charge in [-0.3, -0.25) is 9.59 Å². The Labute approximate surface area is 156 Å². The van der Waals surface area contributed by atoms with Gasteiger partial charge in [0, 0.05) is 18.7 Å². The lowest BCUT2D eigenvalue weighted by molar-refractivity contribution is -0.121. The predicted octanol–water partition coefficient (Wildman–Crippen LogP) is 2.93. The summed E-state index contributed by atoms with van der Waals surface area (Å²) < 4.78 is 5.03. The summed E-state index contributed by atoms with van der Waals surface area (Å²) in [5.41, 5.74) is 0.766. The number of amides is 2. The third-order valence-electron chi connectivity index (χ3n) is 4.42. The molecule has 0 aromatic heterocycles. The lowest BCUT2D eigenvalue weighted by Crippen LogP contribution is -2.57. The molecule has 136 valence electrons. The van der Waals surface area contributed by atoms with Gasteiger partial charge in [-0.25, -0.2) is 0 Å². The smallest absolute Gasteiger partial charge is 0.258 e. The number of phenols is 1. The van der Waals surface area contributed by atoms with Crippen LogP contribution in [0.1, 0.15) is 17.3 Å².